The van der Waals surface area contributed by atoms with Gasteiger partial charge in [-0.05, 0) is 24.7 Å². The Morgan fingerprint density at radius 3 is 2.50 bits per heavy atom. The van der Waals surface area contributed by atoms with Gasteiger partial charge in [0, 0.05) is 6.54 Å². The molecule has 1 aromatic rings. The monoisotopic (exact) mass is 252 g/mol. The van der Waals surface area contributed by atoms with Gasteiger partial charge < -0.3 is 5.73 Å². The van der Waals surface area contributed by atoms with Gasteiger partial charge >= 0.3 is 6.18 Å². The highest BCUT2D eigenvalue weighted by Gasteiger charge is 2.29. The predicted molar refractivity (Wildman–Crippen MR) is 58.3 cm³/mol. The molecule has 1 rings (SSSR count). The lowest BCUT2D eigenvalue weighted by Crippen LogP contribution is -2.30. The van der Waals surface area contributed by atoms with Crippen LogP contribution in [0.1, 0.15) is 5.56 Å². The summed E-state index contributed by atoms with van der Waals surface area (Å²) in [4.78, 5) is 1.17. The summed E-state index contributed by atoms with van der Waals surface area (Å²) in [6.07, 6.45) is -4.19. The summed E-state index contributed by atoms with van der Waals surface area (Å²) >= 11 is 5.71. The van der Waals surface area contributed by atoms with Crippen molar-refractivity contribution in [1.82, 2.24) is 4.90 Å². The molecule has 6 heteroatoms. The number of hydrogen-bond donors (Lipinski definition) is 1. The standard InChI is InChI=1S/C10H12ClF3N2/c1-16(6-10(12,13)14)5-7-2-3-8(11)9(15)4-7/h2-4H,5-6,15H2,1H3. The first-order chi connectivity index (χ1) is 7.28. The van der Waals surface area contributed by atoms with Crippen LogP contribution >= 0.6 is 11.6 Å². The maximum absolute atomic E-state index is 12.1. The molecular weight excluding hydrogens is 241 g/mol. The SMILES string of the molecule is CN(Cc1ccc(Cl)c(N)c1)CC(F)(F)F. The molecule has 0 aliphatic heterocycles. The van der Waals surface area contributed by atoms with E-state index >= 15 is 0 Å². The maximum Gasteiger partial charge on any atom is 0.401 e. The van der Waals surface area contributed by atoms with Gasteiger partial charge in [0.15, 0.2) is 0 Å². The second-order valence-electron chi connectivity index (χ2n) is 3.64. The lowest BCUT2D eigenvalue weighted by atomic mass is 10.2. The van der Waals surface area contributed by atoms with E-state index in [0.29, 0.717) is 16.3 Å². The molecular formula is C10H12ClF3N2. The van der Waals surface area contributed by atoms with Crippen LogP contribution in [-0.4, -0.2) is 24.7 Å². The van der Waals surface area contributed by atoms with Crippen molar-refractivity contribution in [2.24, 2.45) is 0 Å². The number of halogens is 4. The van der Waals surface area contributed by atoms with Crippen LogP contribution in [0.4, 0.5) is 18.9 Å². The summed E-state index contributed by atoms with van der Waals surface area (Å²) in [6.45, 7) is -0.767. The quantitative estimate of drug-likeness (QED) is 0.838. The zero-order valence-electron chi connectivity index (χ0n) is 8.68. The van der Waals surface area contributed by atoms with Gasteiger partial charge in [-0.15, -0.1) is 0 Å². The highest BCUT2D eigenvalue weighted by Crippen LogP contribution is 2.21. The van der Waals surface area contributed by atoms with Crippen LogP contribution in [-0.2, 0) is 6.54 Å². The number of alkyl halides is 3. The van der Waals surface area contributed by atoms with E-state index in [1.165, 1.54) is 11.9 Å². The molecule has 0 saturated carbocycles. The molecule has 16 heavy (non-hydrogen) atoms. The van der Waals surface area contributed by atoms with E-state index in [-0.39, 0.29) is 6.54 Å². The van der Waals surface area contributed by atoms with Crippen molar-refractivity contribution < 1.29 is 13.2 Å². The number of rotatable bonds is 3. The molecule has 0 aliphatic rings. The first kappa shape index (κ1) is 13.1. The van der Waals surface area contributed by atoms with Gasteiger partial charge in [-0.3, -0.25) is 4.90 Å². The molecule has 0 atom stereocenters. The van der Waals surface area contributed by atoms with Gasteiger partial charge in [0.1, 0.15) is 0 Å². The van der Waals surface area contributed by atoms with E-state index in [9.17, 15) is 13.2 Å². The second-order valence-corrected chi connectivity index (χ2v) is 4.05. The zero-order chi connectivity index (χ0) is 12.3. The first-order valence-electron chi connectivity index (χ1n) is 4.57. The normalized spacial score (nSPS) is 12.1. The van der Waals surface area contributed by atoms with E-state index in [0.717, 1.165) is 0 Å². The van der Waals surface area contributed by atoms with Crippen LogP contribution in [0.25, 0.3) is 0 Å². The summed E-state index contributed by atoms with van der Waals surface area (Å²) < 4.78 is 36.2. The fraction of sp³-hybridized carbons (Fsp3) is 0.400. The number of anilines is 1. The molecule has 2 N–H and O–H groups in total. The second kappa shape index (κ2) is 4.93. The van der Waals surface area contributed by atoms with Crippen LogP contribution in [0.5, 0.6) is 0 Å². The fourth-order valence-corrected chi connectivity index (χ4v) is 1.48. The fourth-order valence-electron chi connectivity index (χ4n) is 1.37. The molecule has 90 valence electrons. The van der Waals surface area contributed by atoms with Gasteiger partial charge in [0.2, 0.25) is 0 Å². The molecule has 0 bridgehead atoms. The molecule has 0 radical (unpaired) electrons. The Kier molecular flexibility index (Phi) is 4.04. The van der Waals surface area contributed by atoms with Crippen LogP contribution < -0.4 is 5.73 Å². The van der Waals surface area contributed by atoms with Crippen LogP contribution in [0.2, 0.25) is 5.02 Å². The number of nitrogen functional groups attached to an aromatic ring is 1. The van der Waals surface area contributed by atoms with Crippen molar-refractivity contribution in [1.29, 1.82) is 0 Å². The lowest BCUT2D eigenvalue weighted by molar-refractivity contribution is -0.144. The minimum absolute atomic E-state index is 0.181. The van der Waals surface area contributed by atoms with Crippen LogP contribution in [0.3, 0.4) is 0 Å². The topological polar surface area (TPSA) is 29.3 Å². The van der Waals surface area contributed by atoms with E-state index in [2.05, 4.69) is 0 Å². The number of nitrogens with zero attached hydrogens (tertiary/aromatic N) is 1. The molecule has 0 heterocycles. The molecule has 0 fully saturated rings. The van der Waals surface area contributed by atoms with Gasteiger partial charge in [-0.1, -0.05) is 17.7 Å². The number of benzene rings is 1. The summed E-state index contributed by atoms with van der Waals surface area (Å²) in [5, 5.41) is 0.405. The molecule has 0 saturated heterocycles. The molecule has 0 spiro atoms. The van der Waals surface area contributed by atoms with Gasteiger partial charge in [0.05, 0.1) is 17.3 Å². The van der Waals surface area contributed by atoms with E-state index in [4.69, 9.17) is 17.3 Å². The smallest absolute Gasteiger partial charge is 0.398 e. The number of nitrogens with two attached hydrogens (primary N) is 1. The Hall–Kier alpha value is -0.940. The van der Waals surface area contributed by atoms with Gasteiger partial charge in [-0.25, -0.2) is 0 Å². The third kappa shape index (κ3) is 4.28. The molecule has 0 amide bonds. The zero-order valence-corrected chi connectivity index (χ0v) is 9.44. The Bertz CT molecular complexity index is 366. The molecule has 0 aliphatic carbocycles. The summed E-state index contributed by atoms with van der Waals surface area (Å²) in [7, 11) is 1.40. The Morgan fingerprint density at radius 1 is 1.38 bits per heavy atom. The minimum Gasteiger partial charge on any atom is -0.398 e. The summed E-state index contributed by atoms with van der Waals surface area (Å²) in [6, 6.07) is 4.81. The van der Waals surface area contributed by atoms with Crippen LogP contribution in [0.15, 0.2) is 18.2 Å². The van der Waals surface area contributed by atoms with Crippen molar-refractivity contribution in [2.75, 3.05) is 19.3 Å². The molecule has 2 nitrogen and oxygen atoms in total. The number of hydrogen-bond acceptors (Lipinski definition) is 2. The minimum atomic E-state index is -4.19. The Balaban J connectivity index is 2.63. The lowest BCUT2D eigenvalue weighted by Gasteiger charge is -2.18. The molecule has 1 aromatic carbocycles. The van der Waals surface area contributed by atoms with Crippen molar-refractivity contribution in [3.63, 3.8) is 0 Å². The van der Waals surface area contributed by atoms with Gasteiger partial charge in [0.25, 0.3) is 0 Å². The molecule has 0 aromatic heterocycles. The van der Waals surface area contributed by atoms with E-state index in [1.807, 2.05) is 0 Å². The van der Waals surface area contributed by atoms with E-state index in [1.54, 1.807) is 18.2 Å². The molecule has 0 unspecified atom stereocenters. The van der Waals surface area contributed by atoms with Crippen molar-refractivity contribution >= 4 is 17.3 Å². The van der Waals surface area contributed by atoms with E-state index < -0.39 is 12.7 Å². The average Bonchev–Trinajstić information content (AvgIpc) is 2.08. The third-order valence-electron chi connectivity index (χ3n) is 1.96. The van der Waals surface area contributed by atoms with Crippen molar-refractivity contribution in [2.45, 2.75) is 12.7 Å². The average molecular weight is 253 g/mol. The first-order valence-corrected chi connectivity index (χ1v) is 4.95. The van der Waals surface area contributed by atoms with Gasteiger partial charge in [-0.2, -0.15) is 13.2 Å². The predicted octanol–water partition coefficient (Wildman–Crippen LogP) is 2.92. The Morgan fingerprint density at radius 2 is 2.00 bits per heavy atom. The highest BCUT2D eigenvalue weighted by atomic mass is 35.5. The summed E-state index contributed by atoms with van der Waals surface area (Å²) in [5.41, 5.74) is 6.63. The van der Waals surface area contributed by atoms with Crippen LogP contribution in [0, 0.1) is 0 Å². The van der Waals surface area contributed by atoms with Crippen molar-refractivity contribution in [3.8, 4) is 0 Å². The third-order valence-corrected chi connectivity index (χ3v) is 2.31. The maximum atomic E-state index is 12.1. The Labute approximate surface area is 96.8 Å². The largest absolute Gasteiger partial charge is 0.401 e. The van der Waals surface area contributed by atoms with Crippen molar-refractivity contribution in [3.05, 3.63) is 28.8 Å². The highest BCUT2D eigenvalue weighted by molar-refractivity contribution is 6.33. The summed E-state index contributed by atoms with van der Waals surface area (Å²) in [5.74, 6) is 0.